The molecule has 3 rings (SSSR count). The molecule has 3 aromatic carbocycles. The van der Waals surface area contributed by atoms with Crippen molar-refractivity contribution in [1.82, 2.24) is 5.32 Å². The van der Waals surface area contributed by atoms with Crippen molar-refractivity contribution in [3.05, 3.63) is 95.1 Å². The Bertz CT molecular complexity index is 1270. The molecule has 0 saturated carbocycles. The fourth-order valence-corrected chi connectivity index (χ4v) is 4.12. The molecule has 1 unspecified atom stereocenters. The Balaban J connectivity index is 1.65. The maximum Gasteiger partial charge on any atom is 0.307 e. The Hall–Kier alpha value is -3.69. The molecule has 0 aliphatic heterocycles. The number of aliphatic carboxylic acids is 1. The maximum absolute atomic E-state index is 12.2. The van der Waals surface area contributed by atoms with Crippen LogP contribution in [-0.4, -0.2) is 38.2 Å². The van der Waals surface area contributed by atoms with Crippen molar-refractivity contribution in [2.45, 2.75) is 24.6 Å². The van der Waals surface area contributed by atoms with Crippen molar-refractivity contribution in [2.75, 3.05) is 12.8 Å². The highest BCUT2D eigenvalue weighted by atomic mass is 32.2. The van der Waals surface area contributed by atoms with Gasteiger partial charge in [-0.05, 0) is 47.4 Å². The van der Waals surface area contributed by atoms with Gasteiger partial charge in [0.15, 0.2) is 9.84 Å². The Morgan fingerprint density at radius 2 is 1.60 bits per heavy atom. The first-order valence-corrected chi connectivity index (χ1v) is 12.9. The van der Waals surface area contributed by atoms with Gasteiger partial charge in [-0.3, -0.25) is 9.59 Å². The predicted molar refractivity (Wildman–Crippen MR) is 133 cm³/mol. The van der Waals surface area contributed by atoms with Gasteiger partial charge in [0.05, 0.1) is 12.8 Å². The van der Waals surface area contributed by atoms with Crippen LogP contribution in [0.25, 0.3) is 0 Å². The van der Waals surface area contributed by atoms with Crippen LogP contribution in [0.1, 0.15) is 27.6 Å². The van der Waals surface area contributed by atoms with Crippen molar-refractivity contribution in [1.29, 1.82) is 0 Å². The van der Waals surface area contributed by atoms with Gasteiger partial charge in [0.1, 0.15) is 16.9 Å². The summed E-state index contributed by atoms with van der Waals surface area (Å²) in [5.74, 6) is -0.503. The van der Waals surface area contributed by atoms with Crippen molar-refractivity contribution in [2.24, 2.45) is 5.73 Å². The molecule has 0 saturated heterocycles. The Kier molecular flexibility index (Phi) is 8.62. The maximum atomic E-state index is 12.2. The summed E-state index contributed by atoms with van der Waals surface area (Å²) >= 11 is 0. The molecule has 0 aromatic heterocycles. The van der Waals surface area contributed by atoms with Gasteiger partial charge in [0.25, 0.3) is 0 Å². The zero-order valence-electron chi connectivity index (χ0n) is 19.3. The SMILES string of the molecule is CS(=O)(=O)C(N)c1cc(CC(=O)O)ccc1Oc1ccc(CC(=O)NCCc2ccccc2)cc1. The van der Waals surface area contributed by atoms with E-state index in [9.17, 15) is 18.0 Å². The van der Waals surface area contributed by atoms with Gasteiger partial charge in [-0.25, -0.2) is 8.42 Å². The number of sulfone groups is 1. The number of hydrogen-bond donors (Lipinski definition) is 3. The average molecular weight is 497 g/mol. The second-order valence-corrected chi connectivity index (χ2v) is 10.4. The molecule has 0 fully saturated rings. The van der Waals surface area contributed by atoms with E-state index in [4.69, 9.17) is 15.6 Å². The Labute approximate surface area is 204 Å². The summed E-state index contributed by atoms with van der Waals surface area (Å²) in [5.41, 5.74) is 8.45. The monoisotopic (exact) mass is 496 g/mol. The van der Waals surface area contributed by atoms with Crippen LogP contribution in [0.15, 0.2) is 72.8 Å². The highest BCUT2D eigenvalue weighted by Gasteiger charge is 2.23. The normalized spacial score (nSPS) is 12.1. The molecule has 0 aliphatic rings. The van der Waals surface area contributed by atoms with Gasteiger partial charge in [-0.1, -0.05) is 48.5 Å². The fraction of sp³-hybridized carbons (Fsp3) is 0.231. The molecule has 0 heterocycles. The van der Waals surface area contributed by atoms with Crippen LogP contribution in [0.5, 0.6) is 11.5 Å². The number of nitrogens with one attached hydrogen (secondary N) is 1. The Morgan fingerprint density at radius 1 is 0.943 bits per heavy atom. The zero-order chi connectivity index (χ0) is 25.4. The molecule has 3 aromatic rings. The van der Waals surface area contributed by atoms with Gasteiger partial charge in [0, 0.05) is 18.4 Å². The summed E-state index contributed by atoms with van der Waals surface area (Å²) < 4.78 is 29.9. The largest absolute Gasteiger partial charge is 0.481 e. The van der Waals surface area contributed by atoms with E-state index in [0.717, 1.165) is 23.8 Å². The number of benzene rings is 3. The van der Waals surface area contributed by atoms with Crippen molar-refractivity contribution in [3.63, 3.8) is 0 Å². The number of carbonyl (C=O) groups excluding carboxylic acids is 1. The van der Waals surface area contributed by atoms with Crippen LogP contribution in [0.2, 0.25) is 0 Å². The number of ether oxygens (including phenoxy) is 1. The molecule has 1 atom stereocenters. The lowest BCUT2D eigenvalue weighted by Gasteiger charge is -2.17. The Morgan fingerprint density at radius 3 is 2.23 bits per heavy atom. The third-order valence-corrected chi connectivity index (χ3v) is 6.47. The van der Waals surface area contributed by atoms with Gasteiger partial charge in [-0.2, -0.15) is 0 Å². The predicted octanol–water partition coefficient (Wildman–Crippen LogP) is 3.01. The van der Waals surface area contributed by atoms with E-state index in [1.807, 2.05) is 30.3 Å². The number of carboxylic acids is 1. The molecule has 9 heteroatoms. The molecule has 184 valence electrons. The number of amides is 1. The lowest BCUT2D eigenvalue weighted by atomic mass is 10.1. The highest BCUT2D eigenvalue weighted by Crippen LogP contribution is 2.32. The van der Waals surface area contributed by atoms with E-state index in [-0.39, 0.29) is 30.1 Å². The van der Waals surface area contributed by atoms with E-state index in [2.05, 4.69) is 5.32 Å². The first-order chi connectivity index (χ1) is 16.6. The number of nitrogens with two attached hydrogens (primary N) is 1. The molecular weight excluding hydrogens is 468 g/mol. The minimum absolute atomic E-state index is 0.0926. The van der Waals surface area contributed by atoms with Gasteiger partial charge >= 0.3 is 5.97 Å². The zero-order valence-corrected chi connectivity index (χ0v) is 20.1. The van der Waals surface area contributed by atoms with E-state index < -0.39 is 21.2 Å². The summed E-state index contributed by atoms with van der Waals surface area (Å²) in [7, 11) is -3.66. The summed E-state index contributed by atoms with van der Waals surface area (Å²) in [6.07, 6.45) is 1.70. The van der Waals surface area contributed by atoms with Gasteiger partial charge in [0.2, 0.25) is 5.91 Å². The first-order valence-electron chi connectivity index (χ1n) is 11.0. The minimum atomic E-state index is -3.66. The van der Waals surface area contributed by atoms with Crippen LogP contribution in [0.4, 0.5) is 0 Å². The summed E-state index contributed by atoms with van der Waals surface area (Å²) in [5, 5.41) is 10.6. The van der Waals surface area contributed by atoms with E-state index >= 15 is 0 Å². The average Bonchev–Trinajstić information content (AvgIpc) is 2.80. The number of carbonyl (C=O) groups is 2. The van der Waals surface area contributed by atoms with E-state index in [0.29, 0.717) is 17.9 Å². The molecule has 0 spiro atoms. The molecule has 35 heavy (non-hydrogen) atoms. The fourth-order valence-electron chi connectivity index (χ4n) is 3.47. The van der Waals surface area contributed by atoms with Crippen molar-refractivity contribution < 1.29 is 27.9 Å². The molecule has 4 N–H and O–H groups in total. The van der Waals surface area contributed by atoms with E-state index in [1.165, 1.54) is 12.1 Å². The lowest BCUT2D eigenvalue weighted by Crippen LogP contribution is -2.27. The standard InChI is InChI=1S/C26H28N2O6S/c1-35(32,33)26(27)22-15-20(17-25(30)31)9-12-23(22)34-21-10-7-19(8-11-21)16-24(29)28-14-13-18-5-3-2-4-6-18/h2-12,15,26H,13-14,16-17,27H2,1H3,(H,28,29)(H,30,31). The molecule has 0 aliphatic carbocycles. The first kappa shape index (κ1) is 25.9. The summed E-state index contributed by atoms with van der Waals surface area (Å²) in [6.45, 7) is 0.547. The second-order valence-electron chi connectivity index (χ2n) is 8.20. The summed E-state index contributed by atoms with van der Waals surface area (Å²) in [6, 6.07) is 21.2. The van der Waals surface area contributed by atoms with Gasteiger partial charge in [-0.15, -0.1) is 0 Å². The highest BCUT2D eigenvalue weighted by molar-refractivity contribution is 7.90. The van der Waals surface area contributed by atoms with Gasteiger partial charge < -0.3 is 20.9 Å². The van der Waals surface area contributed by atoms with Crippen LogP contribution in [-0.2, 0) is 38.7 Å². The molecule has 8 nitrogen and oxygen atoms in total. The number of hydrogen-bond acceptors (Lipinski definition) is 6. The van der Waals surface area contributed by atoms with Crippen molar-refractivity contribution in [3.8, 4) is 11.5 Å². The van der Waals surface area contributed by atoms with Crippen LogP contribution < -0.4 is 15.8 Å². The third-order valence-electron chi connectivity index (χ3n) is 5.29. The van der Waals surface area contributed by atoms with Crippen LogP contribution >= 0.6 is 0 Å². The van der Waals surface area contributed by atoms with Crippen LogP contribution in [0.3, 0.4) is 0 Å². The van der Waals surface area contributed by atoms with Crippen molar-refractivity contribution >= 4 is 21.7 Å². The molecule has 0 bridgehead atoms. The smallest absolute Gasteiger partial charge is 0.307 e. The number of rotatable bonds is 11. The number of carboxylic acid groups (broad SMARTS) is 1. The van der Waals surface area contributed by atoms with Crippen LogP contribution in [0, 0.1) is 0 Å². The lowest BCUT2D eigenvalue weighted by molar-refractivity contribution is -0.136. The molecule has 0 radical (unpaired) electrons. The summed E-state index contributed by atoms with van der Waals surface area (Å²) in [4.78, 5) is 23.3. The topological polar surface area (TPSA) is 136 Å². The second kappa shape index (κ2) is 11.6. The minimum Gasteiger partial charge on any atom is -0.481 e. The van der Waals surface area contributed by atoms with E-state index in [1.54, 1.807) is 30.3 Å². The third kappa shape index (κ3) is 7.94. The molecular formula is C26H28N2O6S. The molecule has 1 amide bonds. The quantitative estimate of drug-likeness (QED) is 0.371.